The summed E-state index contributed by atoms with van der Waals surface area (Å²) >= 11 is 8.32. The van der Waals surface area contributed by atoms with Gasteiger partial charge in [0.15, 0.2) is 0 Å². The van der Waals surface area contributed by atoms with E-state index in [1.807, 2.05) is 11.7 Å². The van der Waals surface area contributed by atoms with Gasteiger partial charge in [0.2, 0.25) is 0 Å². The fourth-order valence-electron chi connectivity index (χ4n) is 2.58. The van der Waals surface area contributed by atoms with E-state index in [9.17, 15) is 0 Å². The highest BCUT2D eigenvalue weighted by atomic mass is 35.5. The number of nitrogens with zero attached hydrogens (tertiary/aromatic N) is 2. The van der Waals surface area contributed by atoms with E-state index < -0.39 is 0 Å². The van der Waals surface area contributed by atoms with Crippen molar-refractivity contribution in [2.75, 3.05) is 12.3 Å². The van der Waals surface area contributed by atoms with Crippen LogP contribution in [0.2, 0.25) is 5.02 Å². The molecule has 0 aliphatic heterocycles. The van der Waals surface area contributed by atoms with E-state index in [-0.39, 0.29) is 0 Å². The molecule has 5 heteroatoms. The van der Waals surface area contributed by atoms with Gasteiger partial charge >= 0.3 is 0 Å². The third-order valence-corrected chi connectivity index (χ3v) is 5.28. The molecule has 1 aromatic rings. The lowest BCUT2D eigenvalue weighted by molar-refractivity contribution is 0.552. The first kappa shape index (κ1) is 14.2. The van der Waals surface area contributed by atoms with Crippen LogP contribution in [0.1, 0.15) is 44.3 Å². The van der Waals surface area contributed by atoms with Crippen LogP contribution >= 0.6 is 23.4 Å². The predicted octanol–water partition coefficient (Wildman–Crippen LogP) is 3.40. The minimum atomic E-state index is 0.306. The molecule has 1 fully saturated rings. The SMILES string of the molecule is CCNC(CSC1CCCC1)c1c(Cl)cnn1C. The van der Waals surface area contributed by atoms with Crippen LogP contribution in [-0.4, -0.2) is 27.3 Å². The van der Waals surface area contributed by atoms with Crippen molar-refractivity contribution in [3.05, 3.63) is 16.9 Å². The summed E-state index contributed by atoms with van der Waals surface area (Å²) in [4.78, 5) is 0. The van der Waals surface area contributed by atoms with Crippen molar-refractivity contribution in [2.45, 2.75) is 43.9 Å². The number of aryl methyl sites for hydroxylation is 1. The third-order valence-electron chi connectivity index (χ3n) is 3.52. The van der Waals surface area contributed by atoms with Gasteiger partial charge in [-0.15, -0.1) is 0 Å². The standard InChI is InChI=1S/C13H22ClN3S/c1-3-15-12(9-18-10-6-4-5-7-10)13-11(14)8-16-17(13)2/h8,10,12,15H,3-7,9H2,1-2H3. The largest absolute Gasteiger partial charge is 0.308 e. The molecule has 1 aliphatic carbocycles. The summed E-state index contributed by atoms with van der Waals surface area (Å²) in [5, 5.41) is 9.38. The lowest BCUT2D eigenvalue weighted by Crippen LogP contribution is -2.26. The molecule has 0 bridgehead atoms. The first-order valence-corrected chi connectivity index (χ1v) is 8.17. The molecular formula is C13H22ClN3S. The molecule has 1 unspecified atom stereocenters. The number of thioether (sulfide) groups is 1. The maximum Gasteiger partial charge on any atom is 0.0834 e. The van der Waals surface area contributed by atoms with Crippen LogP contribution in [0.25, 0.3) is 0 Å². The van der Waals surface area contributed by atoms with Gasteiger partial charge in [0.25, 0.3) is 0 Å². The maximum absolute atomic E-state index is 6.24. The van der Waals surface area contributed by atoms with Gasteiger partial charge in [-0.05, 0) is 19.4 Å². The van der Waals surface area contributed by atoms with E-state index in [4.69, 9.17) is 11.6 Å². The molecule has 3 nitrogen and oxygen atoms in total. The van der Waals surface area contributed by atoms with Gasteiger partial charge < -0.3 is 5.32 Å². The zero-order valence-corrected chi connectivity index (χ0v) is 12.7. The fourth-order valence-corrected chi connectivity index (χ4v) is 4.29. The van der Waals surface area contributed by atoms with Crippen LogP contribution < -0.4 is 5.32 Å². The molecule has 0 amide bonds. The van der Waals surface area contributed by atoms with Crippen molar-refractivity contribution >= 4 is 23.4 Å². The van der Waals surface area contributed by atoms with E-state index in [1.165, 1.54) is 25.7 Å². The summed E-state index contributed by atoms with van der Waals surface area (Å²) in [6, 6.07) is 0.306. The summed E-state index contributed by atoms with van der Waals surface area (Å²) in [6.45, 7) is 3.09. The molecule has 0 saturated heterocycles. The van der Waals surface area contributed by atoms with Crippen LogP contribution in [0, 0.1) is 0 Å². The van der Waals surface area contributed by atoms with Crippen molar-refractivity contribution in [3.63, 3.8) is 0 Å². The number of hydrogen-bond donors (Lipinski definition) is 1. The van der Waals surface area contributed by atoms with Crippen molar-refractivity contribution < 1.29 is 0 Å². The number of halogens is 1. The Morgan fingerprint density at radius 2 is 2.28 bits per heavy atom. The summed E-state index contributed by atoms with van der Waals surface area (Å²) in [6.07, 6.45) is 7.29. The van der Waals surface area contributed by atoms with Crippen molar-refractivity contribution in [1.29, 1.82) is 0 Å². The molecule has 2 rings (SSSR count). The molecule has 1 N–H and O–H groups in total. The lowest BCUT2D eigenvalue weighted by atomic mass is 10.2. The van der Waals surface area contributed by atoms with Gasteiger partial charge in [0.1, 0.15) is 0 Å². The molecule has 0 aromatic carbocycles. The Bertz CT molecular complexity index is 355. The topological polar surface area (TPSA) is 29.9 Å². The second-order valence-corrected chi connectivity index (χ2v) is 6.59. The molecule has 1 aliphatic rings. The Morgan fingerprint density at radius 3 is 2.83 bits per heavy atom. The zero-order valence-electron chi connectivity index (χ0n) is 11.2. The zero-order chi connectivity index (χ0) is 13.0. The average Bonchev–Trinajstić information content (AvgIpc) is 2.96. The monoisotopic (exact) mass is 287 g/mol. The quantitative estimate of drug-likeness (QED) is 0.870. The van der Waals surface area contributed by atoms with Gasteiger partial charge in [0.05, 0.1) is 23.0 Å². The molecule has 1 heterocycles. The molecule has 1 aromatic heterocycles. The fraction of sp³-hybridized carbons (Fsp3) is 0.769. The third kappa shape index (κ3) is 3.43. The van der Waals surface area contributed by atoms with Gasteiger partial charge in [0, 0.05) is 18.1 Å². The Hall–Kier alpha value is -0.190. The second-order valence-electron chi connectivity index (χ2n) is 4.85. The Balaban J connectivity index is 1.98. The first-order valence-electron chi connectivity index (χ1n) is 6.74. The predicted molar refractivity (Wildman–Crippen MR) is 79.3 cm³/mol. The van der Waals surface area contributed by atoms with Crippen molar-refractivity contribution in [1.82, 2.24) is 15.1 Å². The van der Waals surface area contributed by atoms with Gasteiger partial charge in [-0.3, -0.25) is 4.68 Å². The average molecular weight is 288 g/mol. The van der Waals surface area contributed by atoms with Crippen LogP contribution in [0.5, 0.6) is 0 Å². The molecule has 102 valence electrons. The van der Waals surface area contributed by atoms with Crippen LogP contribution in [0.4, 0.5) is 0 Å². The molecule has 0 radical (unpaired) electrons. The van der Waals surface area contributed by atoms with Gasteiger partial charge in [-0.25, -0.2) is 0 Å². The minimum Gasteiger partial charge on any atom is -0.308 e. The molecule has 0 spiro atoms. The molecule has 1 atom stereocenters. The summed E-state index contributed by atoms with van der Waals surface area (Å²) < 4.78 is 1.89. The molecular weight excluding hydrogens is 266 g/mol. The van der Waals surface area contributed by atoms with E-state index in [0.717, 1.165) is 28.3 Å². The second kappa shape index (κ2) is 6.83. The van der Waals surface area contributed by atoms with Crippen LogP contribution in [0.15, 0.2) is 6.20 Å². The Kier molecular flexibility index (Phi) is 5.39. The highest BCUT2D eigenvalue weighted by Crippen LogP contribution is 2.33. The van der Waals surface area contributed by atoms with E-state index in [0.29, 0.717) is 6.04 Å². The number of rotatable bonds is 6. The van der Waals surface area contributed by atoms with Gasteiger partial charge in [-0.1, -0.05) is 31.4 Å². The summed E-state index contributed by atoms with van der Waals surface area (Å²) in [5.74, 6) is 1.08. The first-order chi connectivity index (χ1) is 8.72. The van der Waals surface area contributed by atoms with Crippen LogP contribution in [0.3, 0.4) is 0 Å². The normalized spacial score (nSPS) is 18.4. The smallest absolute Gasteiger partial charge is 0.0834 e. The summed E-state index contributed by atoms with van der Waals surface area (Å²) in [7, 11) is 1.96. The van der Waals surface area contributed by atoms with Crippen molar-refractivity contribution in [3.8, 4) is 0 Å². The number of aromatic nitrogens is 2. The Labute approximate surface area is 119 Å². The van der Waals surface area contributed by atoms with Crippen molar-refractivity contribution in [2.24, 2.45) is 7.05 Å². The molecule has 18 heavy (non-hydrogen) atoms. The Morgan fingerprint density at radius 1 is 1.56 bits per heavy atom. The van der Waals surface area contributed by atoms with Crippen LogP contribution in [-0.2, 0) is 7.05 Å². The van der Waals surface area contributed by atoms with E-state index in [2.05, 4.69) is 29.1 Å². The molecule has 1 saturated carbocycles. The minimum absolute atomic E-state index is 0.306. The summed E-state index contributed by atoms with van der Waals surface area (Å²) in [5.41, 5.74) is 1.11. The highest BCUT2D eigenvalue weighted by Gasteiger charge is 2.22. The lowest BCUT2D eigenvalue weighted by Gasteiger charge is -2.20. The van der Waals surface area contributed by atoms with Gasteiger partial charge in [-0.2, -0.15) is 16.9 Å². The number of hydrogen-bond acceptors (Lipinski definition) is 3. The maximum atomic E-state index is 6.24. The van der Waals surface area contributed by atoms with E-state index in [1.54, 1.807) is 6.20 Å². The van der Waals surface area contributed by atoms with E-state index >= 15 is 0 Å². The highest BCUT2D eigenvalue weighted by molar-refractivity contribution is 7.99. The number of nitrogens with one attached hydrogen (secondary N) is 1.